The monoisotopic (exact) mass is 371 g/mol. The molecule has 1 saturated heterocycles. The van der Waals surface area contributed by atoms with Gasteiger partial charge in [-0.15, -0.1) is 0 Å². The number of hydrogen-bond acceptors (Lipinski definition) is 6. The van der Waals surface area contributed by atoms with Crippen LogP contribution in [0.4, 0.5) is 5.13 Å². The van der Waals surface area contributed by atoms with Gasteiger partial charge in [0.2, 0.25) is 0 Å². The molecule has 0 unspecified atom stereocenters. The van der Waals surface area contributed by atoms with Crippen LogP contribution in [0.15, 0.2) is 30.5 Å². The van der Waals surface area contributed by atoms with E-state index in [1.807, 2.05) is 36.2 Å². The number of hydrogen-bond donors (Lipinski definition) is 0. The quantitative estimate of drug-likeness (QED) is 0.705. The number of carbonyl (C=O) groups is 1. The zero-order chi connectivity index (χ0) is 18.1. The van der Waals surface area contributed by atoms with Gasteiger partial charge in [-0.05, 0) is 31.2 Å². The molecule has 1 aliphatic heterocycles. The Labute approximate surface area is 155 Å². The van der Waals surface area contributed by atoms with Crippen LogP contribution in [-0.2, 0) is 6.54 Å². The normalized spacial score (nSPS) is 14.8. The van der Waals surface area contributed by atoms with Gasteiger partial charge in [-0.1, -0.05) is 11.3 Å². The van der Waals surface area contributed by atoms with Gasteiger partial charge in [0.05, 0.1) is 17.3 Å². The molecule has 4 rings (SSSR count). The number of aryl methyl sites for hydroxylation is 1. The number of anilines is 1. The van der Waals surface area contributed by atoms with Crippen LogP contribution in [-0.4, -0.2) is 58.9 Å². The second kappa shape index (κ2) is 6.95. The third-order valence-electron chi connectivity index (χ3n) is 4.61. The number of piperazine rings is 1. The number of fused-ring (bicyclic) bond motifs is 1. The zero-order valence-electron chi connectivity index (χ0n) is 14.9. The number of amides is 1. The maximum absolute atomic E-state index is 12.6. The molecule has 0 atom stereocenters. The lowest BCUT2D eigenvalue weighted by molar-refractivity contribution is 0.0740. The van der Waals surface area contributed by atoms with Gasteiger partial charge < -0.3 is 14.5 Å². The first-order chi connectivity index (χ1) is 12.7. The number of carbonyl (C=O) groups excluding carboxylic acids is 1. The first-order valence-corrected chi connectivity index (χ1v) is 9.52. The lowest BCUT2D eigenvalue weighted by atomic mass is 10.3. The summed E-state index contributed by atoms with van der Waals surface area (Å²) in [7, 11) is 1.67. The average Bonchev–Trinajstić information content (AvgIpc) is 3.33. The Morgan fingerprint density at radius 2 is 2.04 bits per heavy atom. The summed E-state index contributed by atoms with van der Waals surface area (Å²) in [5.41, 5.74) is 1.50. The third-order valence-corrected chi connectivity index (χ3v) is 5.68. The van der Waals surface area contributed by atoms with Crippen LogP contribution in [0.1, 0.15) is 17.4 Å². The second-order valence-electron chi connectivity index (χ2n) is 6.17. The summed E-state index contributed by atoms with van der Waals surface area (Å²) < 4.78 is 8.17. The van der Waals surface area contributed by atoms with E-state index in [4.69, 9.17) is 9.72 Å². The van der Waals surface area contributed by atoms with Gasteiger partial charge in [-0.25, -0.2) is 4.98 Å². The molecule has 0 aliphatic carbocycles. The summed E-state index contributed by atoms with van der Waals surface area (Å²) in [5, 5.41) is 5.31. The maximum atomic E-state index is 12.6. The summed E-state index contributed by atoms with van der Waals surface area (Å²) >= 11 is 1.66. The molecule has 8 heteroatoms. The Morgan fingerprint density at radius 1 is 1.23 bits per heavy atom. The first-order valence-electron chi connectivity index (χ1n) is 8.70. The SMILES string of the molecule is CCn1ccc(C(=O)N2CCN(c3nc4ccc(OC)cc4s3)CC2)n1. The molecule has 3 aromatic rings. The summed E-state index contributed by atoms with van der Waals surface area (Å²) in [6, 6.07) is 7.72. The van der Waals surface area contributed by atoms with Crippen molar-refractivity contribution >= 4 is 32.6 Å². The predicted octanol–water partition coefficient (Wildman–Crippen LogP) is 2.48. The molecular weight excluding hydrogens is 350 g/mol. The Balaban J connectivity index is 1.43. The van der Waals surface area contributed by atoms with Crippen molar-refractivity contribution in [2.75, 3.05) is 38.2 Å². The Kier molecular flexibility index (Phi) is 4.50. The minimum Gasteiger partial charge on any atom is -0.497 e. The van der Waals surface area contributed by atoms with Crippen LogP contribution in [0.25, 0.3) is 10.2 Å². The molecule has 136 valence electrons. The fourth-order valence-corrected chi connectivity index (χ4v) is 4.12. The van der Waals surface area contributed by atoms with Gasteiger partial charge in [0.15, 0.2) is 5.13 Å². The van der Waals surface area contributed by atoms with Crippen molar-refractivity contribution in [3.63, 3.8) is 0 Å². The highest BCUT2D eigenvalue weighted by atomic mass is 32.1. The lowest BCUT2D eigenvalue weighted by Crippen LogP contribution is -2.48. The molecule has 0 saturated carbocycles. The molecule has 3 heterocycles. The third kappa shape index (κ3) is 3.12. The summed E-state index contributed by atoms with van der Waals surface area (Å²) in [6.45, 7) is 5.68. The zero-order valence-corrected chi connectivity index (χ0v) is 15.7. The van der Waals surface area contributed by atoms with E-state index in [9.17, 15) is 4.79 Å². The summed E-state index contributed by atoms with van der Waals surface area (Å²) in [4.78, 5) is 21.4. The second-order valence-corrected chi connectivity index (χ2v) is 7.18. The van der Waals surface area contributed by atoms with Gasteiger partial charge >= 0.3 is 0 Å². The highest BCUT2D eigenvalue weighted by Crippen LogP contribution is 2.31. The van der Waals surface area contributed by atoms with Crippen molar-refractivity contribution in [2.24, 2.45) is 0 Å². The molecule has 0 spiro atoms. The van der Waals surface area contributed by atoms with Crippen molar-refractivity contribution in [2.45, 2.75) is 13.5 Å². The molecule has 1 amide bonds. The molecule has 1 aromatic carbocycles. The van der Waals surface area contributed by atoms with E-state index in [0.29, 0.717) is 18.8 Å². The van der Waals surface area contributed by atoms with Crippen molar-refractivity contribution in [3.05, 3.63) is 36.2 Å². The van der Waals surface area contributed by atoms with Gasteiger partial charge in [0, 0.05) is 38.9 Å². The Hall–Kier alpha value is -2.61. The molecular formula is C18H21N5O2S. The lowest BCUT2D eigenvalue weighted by Gasteiger charge is -2.34. The standard InChI is InChI=1S/C18H21N5O2S/c1-3-23-7-6-15(20-23)17(24)21-8-10-22(11-9-21)18-19-14-5-4-13(25-2)12-16(14)26-18/h4-7,12H,3,8-11H2,1-2H3. The van der Waals surface area contributed by atoms with Crippen molar-refractivity contribution in [1.29, 1.82) is 0 Å². The van der Waals surface area contributed by atoms with Crippen LogP contribution >= 0.6 is 11.3 Å². The van der Waals surface area contributed by atoms with Crippen LogP contribution in [0, 0.1) is 0 Å². The Bertz CT molecular complexity index is 927. The molecule has 2 aromatic heterocycles. The van der Waals surface area contributed by atoms with E-state index in [0.717, 1.165) is 40.7 Å². The van der Waals surface area contributed by atoms with E-state index in [1.165, 1.54) is 0 Å². The van der Waals surface area contributed by atoms with Crippen molar-refractivity contribution in [1.82, 2.24) is 19.7 Å². The first kappa shape index (κ1) is 16.8. The summed E-state index contributed by atoms with van der Waals surface area (Å²) in [5.74, 6) is 0.848. The largest absolute Gasteiger partial charge is 0.497 e. The van der Waals surface area contributed by atoms with E-state index in [-0.39, 0.29) is 5.91 Å². The van der Waals surface area contributed by atoms with Crippen LogP contribution < -0.4 is 9.64 Å². The Morgan fingerprint density at radius 3 is 2.73 bits per heavy atom. The van der Waals surface area contributed by atoms with Crippen molar-refractivity contribution < 1.29 is 9.53 Å². The van der Waals surface area contributed by atoms with Gasteiger partial charge in [0.25, 0.3) is 5.91 Å². The smallest absolute Gasteiger partial charge is 0.274 e. The summed E-state index contributed by atoms with van der Waals surface area (Å²) in [6.07, 6.45) is 1.85. The molecule has 1 aliphatic rings. The highest BCUT2D eigenvalue weighted by molar-refractivity contribution is 7.22. The van der Waals surface area contributed by atoms with Crippen LogP contribution in [0.3, 0.4) is 0 Å². The molecule has 7 nitrogen and oxygen atoms in total. The van der Waals surface area contributed by atoms with Crippen LogP contribution in [0.2, 0.25) is 0 Å². The van der Waals surface area contributed by atoms with Gasteiger partial charge in [0.1, 0.15) is 11.4 Å². The maximum Gasteiger partial charge on any atom is 0.274 e. The highest BCUT2D eigenvalue weighted by Gasteiger charge is 2.25. The molecule has 0 bridgehead atoms. The fourth-order valence-electron chi connectivity index (χ4n) is 3.07. The van der Waals surface area contributed by atoms with E-state index >= 15 is 0 Å². The molecule has 1 fully saturated rings. The predicted molar refractivity (Wildman–Crippen MR) is 102 cm³/mol. The number of methoxy groups -OCH3 is 1. The molecule has 26 heavy (non-hydrogen) atoms. The van der Waals surface area contributed by atoms with Crippen molar-refractivity contribution in [3.8, 4) is 5.75 Å². The van der Waals surface area contributed by atoms with E-state index < -0.39 is 0 Å². The molecule has 0 radical (unpaired) electrons. The number of nitrogens with zero attached hydrogens (tertiary/aromatic N) is 5. The number of thiazole rings is 1. The topological polar surface area (TPSA) is 63.5 Å². The minimum atomic E-state index is 0.00545. The van der Waals surface area contributed by atoms with Gasteiger partial charge in [-0.2, -0.15) is 5.10 Å². The van der Waals surface area contributed by atoms with E-state index in [2.05, 4.69) is 10.00 Å². The number of rotatable bonds is 4. The average molecular weight is 371 g/mol. The number of benzene rings is 1. The van der Waals surface area contributed by atoms with Crippen LogP contribution in [0.5, 0.6) is 5.75 Å². The number of ether oxygens (including phenoxy) is 1. The molecule has 0 N–H and O–H groups in total. The van der Waals surface area contributed by atoms with E-state index in [1.54, 1.807) is 29.2 Å². The van der Waals surface area contributed by atoms with Gasteiger partial charge in [-0.3, -0.25) is 9.48 Å². The number of aromatic nitrogens is 3. The fraction of sp³-hybridized carbons (Fsp3) is 0.389. The minimum absolute atomic E-state index is 0.00545.